The highest BCUT2D eigenvalue weighted by Gasteiger charge is 2.26. The lowest BCUT2D eigenvalue weighted by Gasteiger charge is -2.34. The molecule has 0 radical (unpaired) electrons. The van der Waals surface area contributed by atoms with Crippen LogP contribution in [0.25, 0.3) is 0 Å². The predicted molar refractivity (Wildman–Crippen MR) is 116 cm³/mol. The van der Waals surface area contributed by atoms with Crippen LogP contribution in [0.4, 0.5) is 0 Å². The molecule has 3 heterocycles. The van der Waals surface area contributed by atoms with Gasteiger partial charge < -0.3 is 9.47 Å². The Morgan fingerprint density at radius 2 is 1.82 bits per heavy atom. The first-order valence-electron chi connectivity index (χ1n) is 10.2. The summed E-state index contributed by atoms with van der Waals surface area (Å²) in [7, 11) is 0. The molecular weight excluding hydrogens is 368 g/mol. The highest BCUT2D eigenvalue weighted by molar-refractivity contribution is 7.09. The molecule has 1 aliphatic rings. The molecule has 6 heteroatoms. The van der Waals surface area contributed by atoms with Gasteiger partial charge in [0.05, 0.1) is 16.3 Å². The van der Waals surface area contributed by atoms with Crippen molar-refractivity contribution in [1.29, 1.82) is 0 Å². The first-order chi connectivity index (χ1) is 13.1. The van der Waals surface area contributed by atoms with Crippen molar-refractivity contribution in [1.82, 2.24) is 19.4 Å². The summed E-state index contributed by atoms with van der Waals surface area (Å²) in [4.78, 5) is 22.3. The van der Waals surface area contributed by atoms with Crippen molar-refractivity contribution in [2.75, 3.05) is 26.2 Å². The molecule has 1 amide bonds. The van der Waals surface area contributed by atoms with Gasteiger partial charge >= 0.3 is 0 Å². The second kappa shape index (κ2) is 7.99. The number of piperazine rings is 1. The number of rotatable bonds is 4. The number of nitrogens with zero attached hydrogens (tertiary/aromatic N) is 4. The zero-order valence-electron chi connectivity index (χ0n) is 18.4. The van der Waals surface area contributed by atoms with E-state index >= 15 is 0 Å². The molecule has 1 aliphatic heterocycles. The van der Waals surface area contributed by atoms with E-state index in [2.05, 4.69) is 63.3 Å². The molecule has 2 aromatic heterocycles. The van der Waals surface area contributed by atoms with Crippen LogP contribution < -0.4 is 0 Å². The molecule has 3 rings (SSSR count). The molecule has 0 spiro atoms. The van der Waals surface area contributed by atoms with E-state index < -0.39 is 0 Å². The molecule has 0 N–H and O–H groups in total. The first-order valence-corrected chi connectivity index (χ1v) is 11.1. The number of hydrogen-bond donors (Lipinski definition) is 0. The minimum Gasteiger partial charge on any atom is -0.346 e. The molecule has 5 nitrogen and oxygen atoms in total. The van der Waals surface area contributed by atoms with E-state index in [4.69, 9.17) is 4.98 Å². The Bertz CT molecular complexity index is 835. The van der Waals surface area contributed by atoms with E-state index in [1.807, 2.05) is 11.0 Å². The lowest BCUT2D eigenvalue weighted by molar-refractivity contribution is 0.0626. The maximum atomic E-state index is 13.1. The van der Waals surface area contributed by atoms with Crippen LogP contribution >= 0.6 is 11.3 Å². The van der Waals surface area contributed by atoms with Gasteiger partial charge in [0.1, 0.15) is 0 Å². The molecular formula is C22H34N4OS. The minimum atomic E-state index is 0.108. The number of hydrogen-bond acceptors (Lipinski definition) is 4. The summed E-state index contributed by atoms with van der Waals surface area (Å²) in [5.74, 6) is 0.170. The van der Waals surface area contributed by atoms with Gasteiger partial charge in [-0.3, -0.25) is 9.69 Å². The van der Waals surface area contributed by atoms with Gasteiger partial charge in [0.2, 0.25) is 0 Å². The van der Waals surface area contributed by atoms with Gasteiger partial charge in [0.25, 0.3) is 5.91 Å². The van der Waals surface area contributed by atoms with Crippen molar-refractivity contribution >= 4 is 17.2 Å². The second-order valence-electron chi connectivity index (χ2n) is 9.21. The van der Waals surface area contributed by atoms with Crippen LogP contribution in [-0.2, 0) is 12.0 Å². The number of aryl methyl sites for hydroxylation is 1. The second-order valence-corrected chi connectivity index (χ2v) is 10.1. The summed E-state index contributed by atoms with van der Waals surface area (Å²) >= 11 is 1.75. The molecule has 0 bridgehead atoms. The van der Waals surface area contributed by atoms with E-state index in [0.29, 0.717) is 6.04 Å². The molecule has 28 heavy (non-hydrogen) atoms. The Morgan fingerprint density at radius 1 is 1.18 bits per heavy atom. The smallest absolute Gasteiger partial charge is 0.255 e. The maximum absolute atomic E-state index is 13.1. The van der Waals surface area contributed by atoms with Gasteiger partial charge in [-0.15, -0.1) is 11.3 Å². The number of carbonyl (C=O) groups excluding carboxylic acids is 1. The third-order valence-corrected chi connectivity index (χ3v) is 6.79. The Kier molecular flexibility index (Phi) is 6.01. The average molecular weight is 403 g/mol. The van der Waals surface area contributed by atoms with Crippen molar-refractivity contribution < 1.29 is 4.79 Å². The summed E-state index contributed by atoms with van der Waals surface area (Å²) < 4.78 is 2.25. The van der Waals surface area contributed by atoms with Crippen LogP contribution in [0.5, 0.6) is 0 Å². The van der Waals surface area contributed by atoms with Crippen molar-refractivity contribution in [3.05, 3.63) is 39.1 Å². The molecule has 1 fully saturated rings. The monoisotopic (exact) mass is 402 g/mol. The van der Waals surface area contributed by atoms with Crippen molar-refractivity contribution in [2.45, 2.75) is 66.5 Å². The molecule has 2 aromatic rings. The van der Waals surface area contributed by atoms with Crippen molar-refractivity contribution in [3.63, 3.8) is 0 Å². The van der Waals surface area contributed by atoms with Crippen LogP contribution in [-0.4, -0.2) is 51.4 Å². The maximum Gasteiger partial charge on any atom is 0.255 e. The van der Waals surface area contributed by atoms with Gasteiger partial charge in [0.15, 0.2) is 0 Å². The molecule has 154 valence electrons. The predicted octanol–water partition coefficient (Wildman–Crippen LogP) is 4.40. The lowest BCUT2D eigenvalue weighted by atomic mass is 9.98. The van der Waals surface area contributed by atoms with E-state index in [1.165, 1.54) is 5.01 Å². The Morgan fingerprint density at radius 3 is 2.32 bits per heavy atom. The highest BCUT2D eigenvalue weighted by Crippen LogP contribution is 2.26. The zero-order valence-corrected chi connectivity index (χ0v) is 19.2. The first kappa shape index (κ1) is 21.1. The fourth-order valence-corrected chi connectivity index (χ4v) is 4.92. The number of amides is 1. The summed E-state index contributed by atoms with van der Waals surface area (Å²) in [6.07, 6.45) is 0. The van der Waals surface area contributed by atoms with Gasteiger partial charge in [-0.05, 0) is 33.8 Å². The van der Waals surface area contributed by atoms with Gasteiger partial charge in [-0.2, -0.15) is 0 Å². The SMILES string of the molecule is Cc1cc(C(=O)N2CCN(Cc3csc(C(C)(C)C)n3)CC2)c(C)n1C(C)C. The minimum absolute atomic E-state index is 0.108. The molecule has 0 aromatic carbocycles. The zero-order chi connectivity index (χ0) is 20.6. The van der Waals surface area contributed by atoms with Crippen molar-refractivity contribution in [2.24, 2.45) is 0 Å². The van der Waals surface area contributed by atoms with Crippen LogP contribution in [0.1, 0.15) is 73.1 Å². The lowest BCUT2D eigenvalue weighted by Crippen LogP contribution is -2.48. The van der Waals surface area contributed by atoms with E-state index in [9.17, 15) is 4.79 Å². The number of aromatic nitrogens is 2. The van der Waals surface area contributed by atoms with Crippen LogP contribution in [0, 0.1) is 13.8 Å². The molecule has 0 saturated carbocycles. The molecule has 1 saturated heterocycles. The standard InChI is InChI=1S/C22H34N4OS/c1-15(2)26-16(3)12-19(17(26)4)20(27)25-10-8-24(9-11-25)13-18-14-28-21(23-18)22(5,6)7/h12,14-15H,8-11,13H2,1-7H3. The van der Waals surface area contributed by atoms with E-state index in [-0.39, 0.29) is 11.3 Å². The summed E-state index contributed by atoms with van der Waals surface area (Å²) in [5, 5.41) is 3.37. The van der Waals surface area contributed by atoms with Crippen LogP contribution in [0.15, 0.2) is 11.4 Å². The summed E-state index contributed by atoms with van der Waals surface area (Å²) in [6, 6.07) is 2.42. The third-order valence-electron chi connectivity index (χ3n) is 5.47. The van der Waals surface area contributed by atoms with E-state index in [1.54, 1.807) is 11.3 Å². The average Bonchev–Trinajstić information content (AvgIpc) is 3.19. The third kappa shape index (κ3) is 4.33. The number of thiazole rings is 1. The molecule has 0 atom stereocenters. The number of carbonyl (C=O) groups is 1. The quantitative estimate of drug-likeness (QED) is 0.761. The van der Waals surface area contributed by atoms with Crippen LogP contribution in [0.2, 0.25) is 0 Å². The van der Waals surface area contributed by atoms with Gasteiger partial charge in [-0.25, -0.2) is 4.98 Å². The Hall–Kier alpha value is -1.66. The Balaban J connectivity index is 1.60. The molecule has 0 unspecified atom stereocenters. The van der Waals surface area contributed by atoms with Crippen molar-refractivity contribution in [3.8, 4) is 0 Å². The summed E-state index contributed by atoms with van der Waals surface area (Å²) in [6.45, 7) is 19.3. The summed E-state index contributed by atoms with van der Waals surface area (Å²) in [5.41, 5.74) is 4.35. The highest BCUT2D eigenvalue weighted by atomic mass is 32.1. The van der Waals surface area contributed by atoms with Gasteiger partial charge in [-0.1, -0.05) is 20.8 Å². The normalized spacial score (nSPS) is 16.2. The van der Waals surface area contributed by atoms with Crippen LogP contribution in [0.3, 0.4) is 0 Å². The molecule has 0 aliphatic carbocycles. The fourth-order valence-electron chi connectivity index (χ4n) is 4.02. The Labute approximate surface area is 173 Å². The topological polar surface area (TPSA) is 41.4 Å². The fraction of sp³-hybridized carbons (Fsp3) is 0.636. The largest absolute Gasteiger partial charge is 0.346 e. The van der Waals surface area contributed by atoms with E-state index in [0.717, 1.165) is 55.4 Å². The van der Waals surface area contributed by atoms with Gasteiger partial charge in [0, 0.05) is 60.9 Å².